The van der Waals surface area contributed by atoms with Crippen molar-refractivity contribution >= 4 is 5.91 Å². The second-order valence-corrected chi connectivity index (χ2v) is 4.15. The van der Waals surface area contributed by atoms with Crippen molar-refractivity contribution in [3.63, 3.8) is 0 Å². The topological polar surface area (TPSA) is 66.6 Å². The van der Waals surface area contributed by atoms with E-state index in [1.54, 1.807) is 13.0 Å². The highest BCUT2D eigenvalue weighted by atomic mass is 19.1. The van der Waals surface area contributed by atoms with Gasteiger partial charge in [-0.25, -0.2) is 4.39 Å². The fourth-order valence-electron chi connectivity index (χ4n) is 1.43. The van der Waals surface area contributed by atoms with E-state index in [1.807, 2.05) is 0 Å². The van der Waals surface area contributed by atoms with Crippen LogP contribution in [0.5, 0.6) is 0 Å². The second kappa shape index (κ2) is 6.88. The predicted molar refractivity (Wildman–Crippen MR) is 71.0 cm³/mol. The summed E-state index contributed by atoms with van der Waals surface area (Å²) in [6.07, 6.45) is 0. The molecule has 0 spiro atoms. The van der Waals surface area contributed by atoms with Gasteiger partial charge in [0.2, 0.25) is 0 Å². The predicted octanol–water partition coefficient (Wildman–Crippen LogP) is 0.589. The zero-order valence-corrected chi connectivity index (χ0v) is 11.0. The van der Waals surface area contributed by atoms with E-state index < -0.39 is 11.7 Å². The molecule has 102 valence electrons. The van der Waals surface area contributed by atoms with Gasteiger partial charge in [-0.15, -0.1) is 0 Å². The summed E-state index contributed by atoms with van der Waals surface area (Å²) in [6, 6.07) is 3.78. The second-order valence-electron chi connectivity index (χ2n) is 4.15. The maximum Gasteiger partial charge on any atom is 0.256 e. The molecule has 0 bridgehead atoms. The van der Waals surface area contributed by atoms with Crippen LogP contribution >= 0.6 is 0 Å². The summed E-state index contributed by atoms with van der Waals surface area (Å²) in [4.78, 5) is 13.3. The van der Waals surface area contributed by atoms with E-state index in [1.165, 1.54) is 24.1 Å². The number of amides is 1. The molecule has 5 heteroatoms. The van der Waals surface area contributed by atoms with Gasteiger partial charge in [-0.3, -0.25) is 4.79 Å². The number of aliphatic hydroxyl groups excluding tert-OH is 1. The number of nitrogens with two attached hydrogens (primary N) is 1. The number of rotatable bonds is 3. The lowest BCUT2D eigenvalue weighted by molar-refractivity contribution is 0.0677. The zero-order valence-electron chi connectivity index (χ0n) is 11.0. The lowest BCUT2D eigenvalue weighted by Gasteiger charge is -2.23. The van der Waals surface area contributed by atoms with Crippen LogP contribution in [0.1, 0.15) is 22.8 Å². The van der Waals surface area contributed by atoms with Crippen LogP contribution in [0, 0.1) is 17.7 Å². The molecule has 0 saturated carbocycles. The Balaban J connectivity index is 2.99. The minimum absolute atomic E-state index is 0.0406. The monoisotopic (exact) mass is 264 g/mol. The Hall–Kier alpha value is -1.90. The van der Waals surface area contributed by atoms with Gasteiger partial charge in [0.25, 0.3) is 5.91 Å². The van der Waals surface area contributed by atoms with E-state index in [4.69, 9.17) is 10.8 Å². The highest BCUT2D eigenvalue weighted by Gasteiger charge is 2.19. The Kier molecular flexibility index (Phi) is 5.49. The molecule has 0 aliphatic rings. The van der Waals surface area contributed by atoms with Crippen LogP contribution in [0.2, 0.25) is 0 Å². The number of hydrogen-bond acceptors (Lipinski definition) is 3. The highest BCUT2D eigenvalue weighted by Crippen LogP contribution is 2.13. The fraction of sp³-hybridized carbons (Fsp3) is 0.357. The number of benzene rings is 1. The lowest BCUT2D eigenvalue weighted by Crippen LogP contribution is -2.37. The van der Waals surface area contributed by atoms with Gasteiger partial charge in [0.05, 0.1) is 24.8 Å². The van der Waals surface area contributed by atoms with Crippen LogP contribution in [0.4, 0.5) is 4.39 Å². The number of halogens is 1. The molecule has 4 nitrogen and oxygen atoms in total. The lowest BCUT2D eigenvalue weighted by atomic mass is 10.1. The van der Waals surface area contributed by atoms with E-state index in [2.05, 4.69) is 11.8 Å². The standard InChI is InChI=1S/C14H17FN2O2/c1-10(9-18)17(2)14(19)12-6-5-11(4-3-7-16)8-13(12)15/h5-6,8,10,18H,7,9,16H2,1-2H3. The maximum atomic E-state index is 13.8. The van der Waals surface area contributed by atoms with Crippen LogP contribution in [-0.4, -0.2) is 42.2 Å². The third-order valence-electron chi connectivity index (χ3n) is 2.78. The Labute approximate surface area is 112 Å². The van der Waals surface area contributed by atoms with E-state index in [0.29, 0.717) is 5.56 Å². The average Bonchev–Trinajstić information content (AvgIpc) is 2.42. The van der Waals surface area contributed by atoms with Crippen molar-refractivity contribution in [3.8, 4) is 11.8 Å². The zero-order chi connectivity index (χ0) is 14.4. The van der Waals surface area contributed by atoms with Gasteiger partial charge in [0, 0.05) is 12.6 Å². The number of carbonyl (C=O) groups excluding carboxylic acids is 1. The van der Waals surface area contributed by atoms with E-state index in [9.17, 15) is 9.18 Å². The first-order valence-electron chi connectivity index (χ1n) is 5.87. The third kappa shape index (κ3) is 3.78. The number of nitrogens with zero attached hydrogens (tertiary/aromatic N) is 1. The van der Waals surface area contributed by atoms with Gasteiger partial charge in [-0.1, -0.05) is 11.8 Å². The maximum absolute atomic E-state index is 13.8. The Bertz CT molecular complexity index is 520. The van der Waals surface area contributed by atoms with Crippen molar-refractivity contribution in [3.05, 3.63) is 35.1 Å². The van der Waals surface area contributed by atoms with Crippen LogP contribution in [0.15, 0.2) is 18.2 Å². The number of hydrogen-bond donors (Lipinski definition) is 2. The largest absolute Gasteiger partial charge is 0.394 e. The Morgan fingerprint density at radius 2 is 2.26 bits per heavy atom. The number of carbonyl (C=O) groups is 1. The number of likely N-dealkylation sites (N-methyl/N-ethyl adjacent to an activating group) is 1. The summed E-state index contributed by atoms with van der Waals surface area (Å²) < 4.78 is 13.8. The first kappa shape index (κ1) is 15.2. The van der Waals surface area contributed by atoms with Crippen LogP contribution in [0.25, 0.3) is 0 Å². The molecule has 0 heterocycles. The number of aliphatic hydroxyl groups is 1. The SMILES string of the molecule is CC(CO)N(C)C(=O)c1ccc(C#CCN)cc1F. The quantitative estimate of drug-likeness (QED) is 0.785. The van der Waals surface area contributed by atoms with Crippen LogP contribution < -0.4 is 5.73 Å². The fourth-order valence-corrected chi connectivity index (χ4v) is 1.43. The molecule has 1 unspecified atom stereocenters. The molecule has 3 N–H and O–H groups in total. The summed E-state index contributed by atoms with van der Waals surface area (Å²) >= 11 is 0. The summed E-state index contributed by atoms with van der Waals surface area (Å²) in [7, 11) is 1.52. The molecule has 0 aliphatic heterocycles. The van der Waals surface area contributed by atoms with E-state index >= 15 is 0 Å². The van der Waals surface area contributed by atoms with Crippen molar-refractivity contribution in [2.45, 2.75) is 13.0 Å². The van der Waals surface area contributed by atoms with Crippen molar-refractivity contribution < 1.29 is 14.3 Å². The molecular weight excluding hydrogens is 247 g/mol. The van der Waals surface area contributed by atoms with Crippen molar-refractivity contribution in [2.24, 2.45) is 5.73 Å². The molecule has 0 radical (unpaired) electrons. The molecule has 0 aromatic heterocycles. The molecule has 1 amide bonds. The van der Waals surface area contributed by atoms with Crippen molar-refractivity contribution in [2.75, 3.05) is 20.2 Å². The molecule has 1 aromatic carbocycles. The van der Waals surface area contributed by atoms with Crippen LogP contribution in [-0.2, 0) is 0 Å². The summed E-state index contributed by atoms with van der Waals surface area (Å²) in [6.45, 7) is 1.69. The van der Waals surface area contributed by atoms with E-state index in [0.717, 1.165) is 0 Å². The first-order valence-corrected chi connectivity index (χ1v) is 5.87. The Morgan fingerprint density at radius 1 is 1.58 bits per heavy atom. The molecule has 0 fully saturated rings. The van der Waals surface area contributed by atoms with Gasteiger partial charge in [-0.2, -0.15) is 0 Å². The summed E-state index contributed by atoms with van der Waals surface area (Å²) in [5.41, 5.74) is 5.66. The smallest absolute Gasteiger partial charge is 0.256 e. The first-order chi connectivity index (χ1) is 9.01. The van der Waals surface area contributed by atoms with Gasteiger partial charge < -0.3 is 15.7 Å². The molecule has 19 heavy (non-hydrogen) atoms. The average molecular weight is 264 g/mol. The van der Waals surface area contributed by atoms with Crippen molar-refractivity contribution in [1.29, 1.82) is 0 Å². The normalized spacial score (nSPS) is 11.4. The third-order valence-corrected chi connectivity index (χ3v) is 2.78. The van der Waals surface area contributed by atoms with Crippen molar-refractivity contribution in [1.82, 2.24) is 4.90 Å². The highest BCUT2D eigenvalue weighted by molar-refractivity contribution is 5.94. The molecule has 0 saturated heterocycles. The molecule has 1 aromatic rings. The summed E-state index contributed by atoms with van der Waals surface area (Å²) in [5, 5.41) is 8.99. The van der Waals surface area contributed by atoms with E-state index in [-0.39, 0.29) is 24.8 Å². The summed E-state index contributed by atoms with van der Waals surface area (Å²) in [5.74, 6) is 4.20. The molecular formula is C14H17FN2O2. The van der Waals surface area contributed by atoms with Crippen LogP contribution in [0.3, 0.4) is 0 Å². The van der Waals surface area contributed by atoms with Gasteiger partial charge in [-0.05, 0) is 25.1 Å². The molecule has 1 rings (SSSR count). The molecule has 1 atom stereocenters. The minimum Gasteiger partial charge on any atom is -0.394 e. The van der Waals surface area contributed by atoms with Gasteiger partial charge in [0.15, 0.2) is 0 Å². The van der Waals surface area contributed by atoms with Gasteiger partial charge in [0.1, 0.15) is 5.82 Å². The van der Waals surface area contributed by atoms with Gasteiger partial charge >= 0.3 is 0 Å². The molecule has 0 aliphatic carbocycles. The Morgan fingerprint density at radius 3 is 2.79 bits per heavy atom. The minimum atomic E-state index is -0.634.